The predicted octanol–water partition coefficient (Wildman–Crippen LogP) is 3.33. The number of allylic oxidation sites excluding steroid dienone is 4. The Morgan fingerprint density at radius 3 is 2.54 bits per heavy atom. The molecule has 0 aromatic carbocycles. The Bertz CT molecular complexity index is 1140. The van der Waals surface area contributed by atoms with Crippen LogP contribution in [0.15, 0.2) is 23.8 Å². The van der Waals surface area contributed by atoms with Gasteiger partial charge >= 0.3 is 5.97 Å². The monoisotopic (exact) mass is 520 g/mol. The molecule has 0 radical (unpaired) electrons. The average molecular weight is 521 g/mol. The Hall–Kier alpha value is -1.97. The minimum absolute atomic E-state index is 0.0472. The fraction of sp³-hybridized carbons (Fsp3) is 0.750. The summed E-state index contributed by atoms with van der Waals surface area (Å²) in [5.41, 5.74) is -6.43. The molecular weight excluding hydrogens is 486 g/mol. The Balaban J connectivity index is 1.41. The molecule has 202 valence electrons. The number of ketones is 2. The van der Waals surface area contributed by atoms with Crippen molar-refractivity contribution in [3.8, 4) is 0 Å². The third kappa shape index (κ3) is 3.11. The van der Waals surface area contributed by atoms with Crippen LogP contribution in [0.2, 0.25) is 0 Å². The molecule has 7 nitrogen and oxygen atoms in total. The molecule has 5 fully saturated rings. The molecule has 1 aliphatic heterocycles. The number of carbonyl (C=O) groups excluding carboxylic acids is 3. The number of halogens is 2. The Morgan fingerprint density at radius 2 is 1.86 bits per heavy atom. The van der Waals surface area contributed by atoms with Gasteiger partial charge in [0.1, 0.15) is 6.17 Å². The number of aliphatic hydroxyl groups excluding tert-OH is 1. The van der Waals surface area contributed by atoms with E-state index in [0.29, 0.717) is 0 Å². The first kappa shape index (κ1) is 25.3. The molecule has 1 N–H and O–H groups in total. The van der Waals surface area contributed by atoms with E-state index >= 15 is 8.78 Å². The molecule has 0 aromatic rings. The van der Waals surface area contributed by atoms with Crippen molar-refractivity contribution >= 4 is 17.5 Å². The van der Waals surface area contributed by atoms with Gasteiger partial charge in [-0.1, -0.05) is 13.0 Å². The third-order valence-electron chi connectivity index (χ3n) is 10.3. The highest BCUT2D eigenvalue weighted by atomic mass is 19.1. The van der Waals surface area contributed by atoms with E-state index in [9.17, 15) is 19.5 Å². The van der Waals surface area contributed by atoms with Crippen molar-refractivity contribution in [3.63, 3.8) is 0 Å². The van der Waals surface area contributed by atoms with Gasteiger partial charge in [-0.3, -0.25) is 14.4 Å². The lowest BCUT2D eigenvalue weighted by Crippen LogP contribution is -2.71. The van der Waals surface area contributed by atoms with Gasteiger partial charge in [0.05, 0.1) is 18.1 Å². The number of carbonyl (C=O) groups is 3. The van der Waals surface area contributed by atoms with Crippen LogP contribution in [0.4, 0.5) is 8.78 Å². The van der Waals surface area contributed by atoms with Crippen molar-refractivity contribution in [1.82, 2.24) is 0 Å². The second-order valence-electron chi connectivity index (χ2n) is 12.7. The highest BCUT2D eigenvalue weighted by Crippen LogP contribution is 2.72. The lowest BCUT2D eigenvalue weighted by Gasteiger charge is -2.63. The van der Waals surface area contributed by atoms with Gasteiger partial charge in [0.25, 0.3) is 0 Å². The highest BCUT2D eigenvalue weighted by Gasteiger charge is 2.80. The van der Waals surface area contributed by atoms with Crippen molar-refractivity contribution in [1.29, 1.82) is 0 Å². The summed E-state index contributed by atoms with van der Waals surface area (Å²) in [5, 5.41) is 11.5. The maximum absolute atomic E-state index is 17.4. The molecule has 6 rings (SSSR count). The van der Waals surface area contributed by atoms with E-state index in [4.69, 9.17) is 14.2 Å². The second-order valence-corrected chi connectivity index (χ2v) is 12.7. The Kier molecular flexibility index (Phi) is 5.18. The topological polar surface area (TPSA) is 99.1 Å². The number of hydrogen-bond donors (Lipinski definition) is 1. The van der Waals surface area contributed by atoms with Crippen molar-refractivity contribution < 1.29 is 42.5 Å². The maximum atomic E-state index is 17.4. The zero-order valence-electron chi connectivity index (χ0n) is 21.6. The van der Waals surface area contributed by atoms with E-state index < -0.39 is 82.2 Å². The number of alkyl halides is 2. The molecule has 6 aliphatic rings. The van der Waals surface area contributed by atoms with Gasteiger partial charge in [-0.15, -0.1) is 0 Å². The highest BCUT2D eigenvalue weighted by molar-refractivity contribution is 6.01. The number of fused-ring (bicyclic) bond motifs is 7. The first-order valence-electron chi connectivity index (χ1n) is 13.2. The van der Waals surface area contributed by atoms with Gasteiger partial charge in [0, 0.05) is 16.7 Å². The fourth-order valence-corrected chi connectivity index (χ4v) is 8.48. The molecule has 9 heteroatoms. The van der Waals surface area contributed by atoms with Crippen LogP contribution in [-0.2, 0) is 28.6 Å². The van der Waals surface area contributed by atoms with Crippen molar-refractivity contribution in [2.75, 3.05) is 6.61 Å². The lowest BCUT2D eigenvalue weighted by atomic mass is 9.44. The van der Waals surface area contributed by atoms with Crippen LogP contribution < -0.4 is 0 Å². The van der Waals surface area contributed by atoms with Crippen LogP contribution in [0.25, 0.3) is 0 Å². The summed E-state index contributed by atoms with van der Waals surface area (Å²) in [6, 6.07) is 0. The predicted molar refractivity (Wildman–Crippen MR) is 125 cm³/mol. The minimum Gasteiger partial charge on any atom is -0.457 e. The molecule has 5 aliphatic carbocycles. The molecule has 0 aromatic heterocycles. The molecule has 1 heterocycles. The molecule has 0 spiro atoms. The summed E-state index contributed by atoms with van der Waals surface area (Å²) in [4.78, 5) is 38.1. The van der Waals surface area contributed by atoms with E-state index in [1.54, 1.807) is 20.8 Å². The molecular formula is C28H34F2O7. The number of rotatable bonds is 4. The summed E-state index contributed by atoms with van der Waals surface area (Å²) < 4.78 is 50.9. The smallest absolute Gasteiger partial charge is 0.309 e. The zero-order valence-corrected chi connectivity index (χ0v) is 21.6. The van der Waals surface area contributed by atoms with Gasteiger partial charge in [-0.2, -0.15) is 0 Å². The summed E-state index contributed by atoms with van der Waals surface area (Å²) in [5.74, 6) is -4.16. The number of aliphatic hydroxyl groups is 1. The van der Waals surface area contributed by atoms with Gasteiger partial charge in [-0.05, 0) is 76.5 Å². The Morgan fingerprint density at radius 1 is 1.16 bits per heavy atom. The van der Waals surface area contributed by atoms with E-state index in [1.807, 2.05) is 0 Å². The van der Waals surface area contributed by atoms with Crippen molar-refractivity contribution in [2.45, 2.75) is 95.2 Å². The summed E-state index contributed by atoms with van der Waals surface area (Å²) in [6.07, 6.45) is 1.20. The van der Waals surface area contributed by atoms with E-state index in [-0.39, 0.29) is 30.8 Å². The van der Waals surface area contributed by atoms with E-state index in [2.05, 4.69) is 0 Å². The fourth-order valence-electron chi connectivity index (χ4n) is 8.48. The second kappa shape index (κ2) is 7.57. The van der Waals surface area contributed by atoms with Crippen LogP contribution >= 0.6 is 0 Å². The number of esters is 1. The van der Waals surface area contributed by atoms with E-state index in [0.717, 1.165) is 18.9 Å². The minimum atomic E-state index is -2.26. The number of Topliss-reactive ketones (excluding diaryl/α,β-unsaturated/α-hetero) is 1. The zero-order chi connectivity index (χ0) is 26.8. The van der Waals surface area contributed by atoms with E-state index in [1.165, 1.54) is 19.1 Å². The number of hydrogen-bond acceptors (Lipinski definition) is 7. The quantitative estimate of drug-likeness (QED) is 0.568. The van der Waals surface area contributed by atoms with Crippen LogP contribution in [0, 0.1) is 28.6 Å². The molecule has 1 saturated heterocycles. The Labute approximate surface area is 214 Å². The van der Waals surface area contributed by atoms with Crippen LogP contribution in [0.1, 0.15) is 59.8 Å². The molecule has 9 atom stereocenters. The van der Waals surface area contributed by atoms with Gasteiger partial charge < -0.3 is 19.3 Å². The first-order chi connectivity index (χ1) is 17.2. The maximum Gasteiger partial charge on any atom is 0.309 e. The molecule has 4 saturated carbocycles. The summed E-state index contributed by atoms with van der Waals surface area (Å²) in [7, 11) is 0. The van der Waals surface area contributed by atoms with Crippen molar-refractivity contribution in [3.05, 3.63) is 23.8 Å². The van der Waals surface area contributed by atoms with Crippen molar-refractivity contribution in [2.24, 2.45) is 28.6 Å². The lowest BCUT2D eigenvalue weighted by molar-refractivity contribution is -0.249. The first-order valence-corrected chi connectivity index (χ1v) is 13.2. The van der Waals surface area contributed by atoms with Crippen LogP contribution in [0.5, 0.6) is 0 Å². The van der Waals surface area contributed by atoms with Gasteiger partial charge in [0.2, 0.25) is 5.78 Å². The van der Waals surface area contributed by atoms with Crippen LogP contribution in [0.3, 0.4) is 0 Å². The molecule has 37 heavy (non-hydrogen) atoms. The molecule has 0 unspecified atom stereocenters. The summed E-state index contributed by atoms with van der Waals surface area (Å²) in [6.45, 7) is 6.20. The van der Waals surface area contributed by atoms with Gasteiger partial charge in [0.15, 0.2) is 29.4 Å². The SMILES string of the molecule is CC1(C)O[C@@H]2C[C@H]3[C@@H]4C[C@H](F)C5=CC(=O)C=C[C@]5(C)[C@]4(F)[C@@H](O)C[C@]3(C)[C@@]2(C(=O)COC(=O)C2CC2)O1. The van der Waals surface area contributed by atoms with Gasteiger partial charge in [-0.25, -0.2) is 8.78 Å². The average Bonchev–Trinajstić information content (AvgIpc) is 3.59. The largest absolute Gasteiger partial charge is 0.457 e. The third-order valence-corrected chi connectivity index (χ3v) is 10.3. The molecule has 0 bridgehead atoms. The molecule has 0 amide bonds. The summed E-state index contributed by atoms with van der Waals surface area (Å²) >= 11 is 0. The van der Waals surface area contributed by atoms with Crippen LogP contribution in [-0.4, -0.2) is 64.7 Å². The normalized spacial score (nSPS) is 49.4. The standard InChI is InChI=1S/C28H34F2O7/c1-24(2)36-22-11-16-17-10-19(29)18-9-15(31)7-8-25(18,3)27(17,30)20(32)12-26(16,4)28(22,37-24)21(33)13-35-23(34)14-5-6-14/h7-9,14,16-17,19-20,22,32H,5-6,10-13H2,1-4H3/t16-,17-,19-,20-,22+,25-,26-,27+,28-/m0/s1. The number of ether oxygens (including phenoxy) is 3.